The second kappa shape index (κ2) is 17.4. The number of piperidine rings is 3. The Morgan fingerprint density at radius 2 is 1.83 bits per heavy atom. The van der Waals surface area contributed by atoms with Crippen LogP contribution in [0.15, 0.2) is 97.2 Å². The Balaban J connectivity index is 1.22. The zero-order valence-corrected chi connectivity index (χ0v) is 28.9. The number of aromatic amines is 1. The van der Waals surface area contributed by atoms with Crippen LogP contribution in [0.2, 0.25) is 5.02 Å². The maximum atomic E-state index is 13.5. The van der Waals surface area contributed by atoms with E-state index in [0.29, 0.717) is 35.4 Å². The van der Waals surface area contributed by atoms with E-state index in [4.69, 9.17) is 30.5 Å². The summed E-state index contributed by atoms with van der Waals surface area (Å²) >= 11 is 7.90. The Kier molecular flexibility index (Phi) is 12.8. The van der Waals surface area contributed by atoms with Gasteiger partial charge in [-0.05, 0) is 73.3 Å². The minimum absolute atomic E-state index is 0.0663. The third kappa shape index (κ3) is 9.56. The summed E-state index contributed by atoms with van der Waals surface area (Å²) in [5, 5.41) is 3.95. The fourth-order valence-electron chi connectivity index (χ4n) is 6.12. The van der Waals surface area contributed by atoms with Crippen molar-refractivity contribution in [2.24, 2.45) is 5.92 Å². The van der Waals surface area contributed by atoms with Crippen LogP contribution >= 0.6 is 22.9 Å². The lowest BCUT2D eigenvalue weighted by atomic mass is 9.86. The molecule has 11 heteroatoms. The molecule has 1 aromatic carbocycles. The zero-order valence-electron chi connectivity index (χ0n) is 27.4. The molecule has 1 unspecified atom stereocenters. The van der Waals surface area contributed by atoms with Crippen molar-refractivity contribution in [3.05, 3.63) is 123 Å². The number of methoxy groups -OCH3 is 2. The molecule has 2 bridgehead atoms. The SMILES string of the molecule is C=C/C(OC)=C(\C=C\[C@H](Cc1cc[nH+]cc1Cl)OC(=O)Cc1ccc(CNC(C(=O)O[C@H]2CN3CCC2CC3)c2ccccc2)s1)OC. The summed E-state index contributed by atoms with van der Waals surface area (Å²) in [7, 11) is 3.05. The van der Waals surface area contributed by atoms with Gasteiger partial charge in [0.05, 0.1) is 20.6 Å². The average molecular weight is 693 g/mol. The lowest BCUT2D eigenvalue weighted by Gasteiger charge is -2.44. The van der Waals surface area contributed by atoms with Crippen molar-refractivity contribution in [2.45, 2.75) is 50.5 Å². The zero-order chi connectivity index (χ0) is 33.9. The summed E-state index contributed by atoms with van der Waals surface area (Å²) < 4.78 is 22.8. The van der Waals surface area contributed by atoms with E-state index in [9.17, 15) is 9.59 Å². The van der Waals surface area contributed by atoms with E-state index in [-0.39, 0.29) is 24.5 Å². The number of hydrogen-bond donors (Lipinski definition) is 1. The van der Waals surface area contributed by atoms with E-state index in [2.05, 4.69) is 21.8 Å². The lowest BCUT2D eigenvalue weighted by molar-refractivity contribution is -0.377. The predicted octanol–water partition coefficient (Wildman–Crippen LogP) is 5.63. The number of carbonyl (C=O) groups is 2. The molecule has 3 fully saturated rings. The van der Waals surface area contributed by atoms with E-state index < -0.39 is 12.1 Å². The minimum Gasteiger partial charge on any atom is -0.493 e. The van der Waals surface area contributed by atoms with E-state index in [1.807, 2.05) is 48.5 Å². The first-order valence-electron chi connectivity index (χ1n) is 16.1. The number of esters is 2. The summed E-state index contributed by atoms with van der Waals surface area (Å²) in [6.45, 7) is 7.18. The van der Waals surface area contributed by atoms with Crippen molar-refractivity contribution in [3.63, 3.8) is 0 Å². The average Bonchev–Trinajstić information content (AvgIpc) is 3.55. The van der Waals surface area contributed by atoms with Crippen molar-refractivity contribution in [1.29, 1.82) is 0 Å². The second-order valence-electron chi connectivity index (χ2n) is 11.8. The van der Waals surface area contributed by atoms with Gasteiger partial charge in [-0.15, -0.1) is 11.3 Å². The van der Waals surface area contributed by atoms with Crippen LogP contribution in [0, 0.1) is 5.92 Å². The van der Waals surface area contributed by atoms with Crippen LogP contribution < -0.4 is 10.3 Å². The third-order valence-electron chi connectivity index (χ3n) is 8.68. The van der Waals surface area contributed by atoms with Crippen molar-refractivity contribution in [2.75, 3.05) is 33.9 Å². The van der Waals surface area contributed by atoms with E-state index in [1.54, 1.807) is 30.6 Å². The number of aromatic nitrogens is 1. The highest BCUT2D eigenvalue weighted by atomic mass is 35.5. The molecule has 48 heavy (non-hydrogen) atoms. The van der Waals surface area contributed by atoms with Gasteiger partial charge < -0.3 is 18.9 Å². The number of nitrogens with one attached hydrogen (secondary N) is 2. The molecule has 3 aliphatic heterocycles. The van der Waals surface area contributed by atoms with Gasteiger partial charge in [-0.2, -0.15) is 0 Å². The number of thiophene rings is 1. The summed E-state index contributed by atoms with van der Waals surface area (Å²) in [5.41, 5.74) is 1.68. The molecule has 3 aromatic rings. The predicted molar refractivity (Wildman–Crippen MR) is 185 cm³/mol. The van der Waals surface area contributed by atoms with Gasteiger partial charge in [0.2, 0.25) is 0 Å². The Hall–Kier alpha value is -3.96. The lowest BCUT2D eigenvalue weighted by Crippen LogP contribution is -2.52. The number of nitrogens with zero attached hydrogens (tertiary/aromatic N) is 1. The van der Waals surface area contributed by atoms with Crippen molar-refractivity contribution >= 4 is 34.9 Å². The number of benzene rings is 1. The molecule has 6 rings (SSSR count). The Bertz CT molecular complexity index is 1600. The molecule has 2 N–H and O–H groups in total. The molecule has 3 saturated heterocycles. The molecule has 3 atom stereocenters. The first-order valence-corrected chi connectivity index (χ1v) is 17.3. The molecule has 3 aliphatic rings. The van der Waals surface area contributed by atoms with Crippen LogP contribution in [-0.4, -0.2) is 62.9 Å². The summed E-state index contributed by atoms with van der Waals surface area (Å²) in [4.78, 5) is 33.9. The molecular weight excluding hydrogens is 650 g/mol. The monoisotopic (exact) mass is 692 g/mol. The van der Waals surface area contributed by atoms with Gasteiger partial charge >= 0.3 is 11.9 Å². The smallest absolute Gasteiger partial charge is 0.328 e. The molecule has 0 radical (unpaired) electrons. The van der Waals surface area contributed by atoms with Gasteiger partial charge in [0.1, 0.15) is 23.3 Å². The Morgan fingerprint density at radius 3 is 2.50 bits per heavy atom. The third-order valence-corrected chi connectivity index (χ3v) is 10.1. The molecule has 0 aliphatic carbocycles. The number of rotatable bonds is 16. The van der Waals surface area contributed by atoms with Crippen molar-refractivity contribution in [3.8, 4) is 0 Å². The molecule has 0 spiro atoms. The summed E-state index contributed by atoms with van der Waals surface area (Å²) in [5.74, 6) is 0.687. The summed E-state index contributed by atoms with van der Waals surface area (Å²) in [6.07, 6.45) is 10.4. The molecule has 0 amide bonds. The van der Waals surface area contributed by atoms with Crippen LogP contribution in [0.3, 0.4) is 0 Å². The number of fused-ring (bicyclic) bond motifs is 3. The number of carbonyl (C=O) groups excluding carboxylic acids is 2. The Labute approximate surface area is 291 Å². The van der Waals surface area contributed by atoms with Gasteiger partial charge in [-0.25, -0.2) is 9.78 Å². The van der Waals surface area contributed by atoms with Gasteiger partial charge in [-0.1, -0.05) is 48.5 Å². The highest BCUT2D eigenvalue weighted by Crippen LogP contribution is 2.31. The van der Waals surface area contributed by atoms with Gasteiger partial charge in [-0.3, -0.25) is 15.0 Å². The molecule has 9 nitrogen and oxygen atoms in total. The minimum atomic E-state index is -0.625. The fraction of sp³-hybridized carbons (Fsp3) is 0.378. The van der Waals surface area contributed by atoms with Crippen molar-refractivity contribution < 1.29 is 33.5 Å². The standard InChI is InChI=1S/C37H42ClN3O6S/c1-4-32(44-2)33(45-3)13-10-28(20-27-14-17-39-23-31(27)38)46-35(42)21-29-11-12-30(48-29)22-40-36(26-8-6-5-7-9-26)37(43)47-34-24-41-18-15-25(34)16-19-41/h4-14,17,23,25,28,34,36,40H,1,15-16,18-22,24H2,2-3H3/p+1/b13-10+,33-32-/t28-,34+,36?/m1/s1. The maximum Gasteiger partial charge on any atom is 0.328 e. The molecule has 0 saturated carbocycles. The molecule has 5 heterocycles. The van der Waals surface area contributed by atoms with Gasteiger partial charge in [0, 0.05) is 35.3 Å². The first-order chi connectivity index (χ1) is 23.4. The van der Waals surface area contributed by atoms with Gasteiger partial charge in [0.15, 0.2) is 23.9 Å². The number of halogens is 1. The number of hydrogen-bond acceptors (Lipinski definition) is 9. The van der Waals surface area contributed by atoms with Crippen LogP contribution in [0.1, 0.15) is 39.8 Å². The van der Waals surface area contributed by atoms with Crippen molar-refractivity contribution in [1.82, 2.24) is 10.2 Å². The first kappa shape index (κ1) is 35.3. The molecular formula is C37H43ClN3O6S+. The van der Waals surface area contributed by atoms with E-state index >= 15 is 0 Å². The summed E-state index contributed by atoms with van der Waals surface area (Å²) in [6, 6.07) is 14.8. The quantitative estimate of drug-likeness (QED) is 0.117. The normalized spacial score (nSPS) is 20.4. The fourth-order valence-corrected chi connectivity index (χ4v) is 7.27. The number of H-pyrrole nitrogens is 1. The molecule has 254 valence electrons. The topological polar surface area (TPSA) is 100 Å². The highest BCUT2D eigenvalue weighted by molar-refractivity contribution is 7.12. The Morgan fingerprint density at radius 1 is 1.08 bits per heavy atom. The highest BCUT2D eigenvalue weighted by Gasteiger charge is 2.38. The number of pyridine rings is 1. The van der Waals surface area contributed by atoms with Crippen LogP contribution in [0.25, 0.3) is 0 Å². The van der Waals surface area contributed by atoms with E-state index in [1.165, 1.54) is 25.6 Å². The van der Waals surface area contributed by atoms with Crippen LogP contribution in [0.5, 0.6) is 0 Å². The van der Waals surface area contributed by atoms with E-state index in [0.717, 1.165) is 53.4 Å². The molecule has 2 aromatic heterocycles. The number of allylic oxidation sites excluding steroid dienone is 2. The van der Waals surface area contributed by atoms with Crippen LogP contribution in [-0.2, 0) is 47.9 Å². The number of ether oxygens (including phenoxy) is 4. The maximum absolute atomic E-state index is 13.5. The van der Waals surface area contributed by atoms with Crippen LogP contribution in [0.4, 0.5) is 0 Å². The second-order valence-corrected chi connectivity index (χ2v) is 13.5. The largest absolute Gasteiger partial charge is 0.493 e. The van der Waals surface area contributed by atoms with Gasteiger partial charge in [0.25, 0.3) is 0 Å².